The molecule has 0 saturated carbocycles. The molecule has 0 aliphatic heterocycles. The fraction of sp³-hybridized carbons (Fsp3) is 0.250. The van der Waals surface area contributed by atoms with Crippen LogP contribution in [0.1, 0.15) is 24.1 Å². The highest BCUT2D eigenvalue weighted by Gasteiger charge is 2.11. The summed E-state index contributed by atoms with van der Waals surface area (Å²) in [5.74, 6) is -0.871. The van der Waals surface area contributed by atoms with Crippen LogP contribution in [0.15, 0.2) is 40.9 Å². The van der Waals surface area contributed by atoms with E-state index in [1.807, 2.05) is 25.1 Å². The van der Waals surface area contributed by atoms with Gasteiger partial charge in [0.1, 0.15) is 5.75 Å². The molecule has 112 valence electrons. The lowest BCUT2D eigenvalue weighted by atomic mass is 10.1. The number of nitrogens with one attached hydrogen (secondary N) is 1. The van der Waals surface area contributed by atoms with E-state index in [4.69, 9.17) is 4.74 Å². The van der Waals surface area contributed by atoms with Gasteiger partial charge in [-0.3, -0.25) is 0 Å². The summed E-state index contributed by atoms with van der Waals surface area (Å²) in [7, 11) is 1.61. The zero-order valence-corrected chi connectivity index (χ0v) is 13.4. The van der Waals surface area contributed by atoms with Crippen molar-refractivity contribution >= 4 is 15.9 Å². The number of hydrogen-bond donors (Lipinski definition) is 1. The highest BCUT2D eigenvalue weighted by molar-refractivity contribution is 9.10. The molecule has 0 fully saturated rings. The lowest BCUT2D eigenvalue weighted by molar-refractivity contribution is 0.411. The number of ether oxygens (including phenoxy) is 1. The molecular weight excluding hydrogens is 340 g/mol. The van der Waals surface area contributed by atoms with Gasteiger partial charge in [0.05, 0.1) is 11.6 Å². The molecule has 2 aromatic rings. The molecule has 0 aliphatic rings. The molecule has 0 aromatic heterocycles. The third-order valence-electron chi connectivity index (χ3n) is 3.31. The maximum Gasteiger partial charge on any atom is 0.163 e. The molecule has 1 unspecified atom stereocenters. The van der Waals surface area contributed by atoms with E-state index in [-0.39, 0.29) is 12.6 Å². The van der Waals surface area contributed by atoms with E-state index in [9.17, 15) is 8.78 Å². The number of halogens is 3. The highest BCUT2D eigenvalue weighted by Crippen LogP contribution is 2.28. The van der Waals surface area contributed by atoms with E-state index >= 15 is 0 Å². The van der Waals surface area contributed by atoms with Gasteiger partial charge in [-0.1, -0.05) is 18.2 Å². The Labute approximate surface area is 131 Å². The van der Waals surface area contributed by atoms with Crippen molar-refractivity contribution < 1.29 is 13.5 Å². The summed E-state index contributed by atoms with van der Waals surface area (Å²) in [6.45, 7) is 2.22. The van der Waals surface area contributed by atoms with Gasteiger partial charge < -0.3 is 10.1 Å². The molecule has 0 aliphatic carbocycles. The molecule has 0 bridgehead atoms. The van der Waals surface area contributed by atoms with Gasteiger partial charge in [-0.05, 0) is 46.6 Å². The van der Waals surface area contributed by atoms with Crippen molar-refractivity contribution in [2.24, 2.45) is 0 Å². The normalized spacial score (nSPS) is 12.2. The maximum atomic E-state index is 13.6. The summed E-state index contributed by atoms with van der Waals surface area (Å²) in [5, 5.41) is 3.18. The Kier molecular flexibility index (Phi) is 5.31. The zero-order valence-electron chi connectivity index (χ0n) is 11.8. The second kappa shape index (κ2) is 7.00. The molecule has 0 amide bonds. The summed E-state index contributed by atoms with van der Waals surface area (Å²) in [6.07, 6.45) is 0. The standard InChI is InChI=1S/C16H16BrF2NO/c1-10(11-6-7-15(21-2)13(17)8-11)20-9-12-4-3-5-14(18)16(12)19/h3-8,10,20H,9H2,1-2H3. The topological polar surface area (TPSA) is 21.3 Å². The number of hydrogen-bond acceptors (Lipinski definition) is 2. The lowest BCUT2D eigenvalue weighted by Gasteiger charge is -2.16. The van der Waals surface area contributed by atoms with Crippen LogP contribution in [0, 0.1) is 11.6 Å². The lowest BCUT2D eigenvalue weighted by Crippen LogP contribution is -2.19. The molecule has 0 spiro atoms. The maximum absolute atomic E-state index is 13.6. The summed E-state index contributed by atoms with van der Waals surface area (Å²) < 4.78 is 32.8. The van der Waals surface area contributed by atoms with E-state index < -0.39 is 11.6 Å². The first-order valence-electron chi connectivity index (χ1n) is 6.52. The summed E-state index contributed by atoms with van der Waals surface area (Å²) >= 11 is 3.43. The summed E-state index contributed by atoms with van der Waals surface area (Å²) in [4.78, 5) is 0. The Morgan fingerprint density at radius 1 is 1.24 bits per heavy atom. The minimum absolute atomic E-state index is 0.00475. The Bertz CT molecular complexity index is 634. The molecular formula is C16H16BrF2NO. The van der Waals surface area contributed by atoms with Gasteiger partial charge >= 0.3 is 0 Å². The summed E-state index contributed by atoms with van der Waals surface area (Å²) in [6, 6.07) is 9.92. The van der Waals surface area contributed by atoms with Crippen LogP contribution in [-0.2, 0) is 6.54 Å². The third-order valence-corrected chi connectivity index (χ3v) is 3.93. The molecule has 0 heterocycles. The third kappa shape index (κ3) is 3.80. The summed E-state index contributed by atoms with van der Waals surface area (Å²) in [5.41, 5.74) is 1.34. The van der Waals surface area contributed by atoms with E-state index in [1.54, 1.807) is 13.2 Å². The van der Waals surface area contributed by atoms with Crippen LogP contribution >= 0.6 is 15.9 Å². The van der Waals surface area contributed by atoms with Gasteiger partial charge in [0.25, 0.3) is 0 Å². The van der Waals surface area contributed by atoms with Crippen LogP contribution in [-0.4, -0.2) is 7.11 Å². The van der Waals surface area contributed by atoms with Gasteiger partial charge in [-0.15, -0.1) is 0 Å². The van der Waals surface area contributed by atoms with Gasteiger partial charge in [0.15, 0.2) is 11.6 Å². The monoisotopic (exact) mass is 355 g/mol. The Morgan fingerprint density at radius 2 is 2.00 bits per heavy atom. The number of methoxy groups -OCH3 is 1. The highest BCUT2D eigenvalue weighted by atomic mass is 79.9. The van der Waals surface area contributed by atoms with Crippen LogP contribution in [0.25, 0.3) is 0 Å². The first-order chi connectivity index (χ1) is 10.0. The Balaban J connectivity index is 2.06. The fourth-order valence-electron chi connectivity index (χ4n) is 2.02. The van der Waals surface area contributed by atoms with Crippen molar-refractivity contribution in [1.82, 2.24) is 5.32 Å². The Morgan fingerprint density at radius 3 is 2.67 bits per heavy atom. The minimum atomic E-state index is -0.825. The molecule has 0 saturated heterocycles. The molecule has 2 aromatic carbocycles. The SMILES string of the molecule is COc1ccc(C(C)NCc2cccc(F)c2F)cc1Br. The van der Waals surface area contributed by atoms with Crippen LogP contribution in [0.2, 0.25) is 0 Å². The molecule has 2 nitrogen and oxygen atoms in total. The molecule has 0 radical (unpaired) electrons. The second-order valence-electron chi connectivity index (χ2n) is 4.71. The van der Waals surface area contributed by atoms with Crippen molar-refractivity contribution in [3.05, 3.63) is 63.6 Å². The van der Waals surface area contributed by atoms with Crippen molar-refractivity contribution in [3.63, 3.8) is 0 Å². The second-order valence-corrected chi connectivity index (χ2v) is 5.56. The van der Waals surface area contributed by atoms with Crippen LogP contribution in [0.5, 0.6) is 5.75 Å². The average molecular weight is 356 g/mol. The molecule has 1 N–H and O–H groups in total. The van der Waals surface area contributed by atoms with Crippen LogP contribution < -0.4 is 10.1 Å². The Hall–Kier alpha value is -1.46. The van der Waals surface area contributed by atoms with E-state index in [0.717, 1.165) is 21.9 Å². The molecule has 1 atom stereocenters. The van der Waals surface area contributed by atoms with Crippen molar-refractivity contribution in [2.45, 2.75) is 19.5 Å². The zero-order chi connectivity index (χ0) is 15.4. The first-order valence-corrected chi connectivity index (χ1v) is 7.32. The predicted molar refractivity (Wildman–Crippen MR) is 82.3 cm³/mol. The fourth-order valence-corrected chi connectivity index (χ4v) is 2.58. The minimum Gasteiger partial charge on any atom is -0.496 e. The van der Waals surface area contributed by atoms with Gasteiger partial charge in [-0.2, -0.15) is 0 Å². The largest absolute Gasteiger partial charge is 0.496 e. The average Bonchev–Trinajstić information content (AvgIpc) is 2.48. The first kappa shape index (κ1) is 15.9. The van der Waals surface area contributed by atoms with Crippen molar-refractivity contribution in [2.75, 3.05) is 7.11 Å². The molecule has 2 rings (SSSR count). The van der Waals surface area contributed by atoms with E-state index in [2.05, 4.69) is 21.2 Å². The van der Waals surface area contributed by atoms with Crippen molar-refractivity contribution in [1.29, 1.82) is 0 Å². The van der Waals surface area contributed by atoms with Crippen molar-refractivity contribution in [3.8, 4) is 5.75 Å². The predicted octanol–water partition coefficient (Wildman–Crippen LogP) is 4.59. The smallest absolute Gasteiger partial charge is 0.163 e. The van der Waals surface area contributed by atoms with Crippen LogP contribution in [0.4, 0.5) is 8.78 Å². The van der Waals surface area contributed by atoms with E-state index in [0.29, 0.717) is 5.56 Å². The van der Waals surface area contributed by atoms with Crippen LogP contribution in [0.3, 0.4) is 0 Å². The van der Waals surface area contributed by atoms with Gasteiger partial charge in [-0.25, -0.2) is 8.78 Å². The number of rotatable bonds is 5. The number of benzene rings is 2. The van der Waals surface area contributed by atoms with E-state index in [1.165, 1.54) is 6.07 Å². The van der Waals surface area contributed by atoms with Gasteiger partial charge in [0.2, 0.25) is 0 Å². The molecule has 5 heteroatoms. The van der Waals surface area contributed by atoms with Gasteiger partial charge in [0, 0.05) is 18.2 Å². The molecule has 21 heavy (non-hydrogen) atoms. The quantitative estimate of drug-likeness (QED) is 0.846.